The van der Waals surface area contributed by atoms with Crippen molar-refractivity contribution in [1.29, 1.82) is 0 Å². The molecule has 26 heavy (non-hydrogen) atoms. The lowest BCUT2D eigenvalue weighted by Crippen LogP contribution is -2.39. The summed E-state index contributed by atoms with van der Waals surface area (Å²) in [7, 11) is -3.62. The van der Waals surface area contributed by atoms with Gasteiger partial charge in [-0.25, -0.2) is 13.8 Å². The largest absolute Gasteiger partial charge is 0.271 e. The molecule has 2 rings (SSSR count). The van der Waals surface area contributed by atoms with E-state index >= 15 is 0 Å². The van der Waals surface area contributed by atoms with Crippen molar-refractivity contribution < 1.29 is 13.2 Å². The first-order chi connectivity index (χ1) is 12.2. The monoisotopic (exact) mass is 437 g/mol. The maximum atomic E-state index is 12.2. The second-order valence-electron chi connectivity index (χ2n) is 5.87. The molecule has 0 aliphatic carbocycles. The Morgan fingerprint density at radius 2 is 1.92 bits per heavy atom. The highest BCUT2D eigenvalue weighted by atomic mass is 79.9. The van der Waals surface area contributed by atoms with E-state index in [1.165, 1.54) is 6.21 Å². The molecule has 2 aromatic carbocycles. The van der Waals surface area contributed by atoms with Gasteiger partial charge in [-0.05, 0) is 37.1 Å². The van der Waals surface area contributed by atoms with Crippen LogP contribution in [0.1, 0.15) is 16.7 Å². The fourth-order valence-corrected chi connectivity index (χ4v) is 3.58. The van der Waals surface area contributed by atoms with Gasteiger partial charge < -0.3 is 0 Å². The second kappa shape index (κ2) is 8.46. The SMILES string of the molecule is Cc1ccc(C)c(N(CC(=O)N/N=C\c2ccccc2Br)S(C)(=O)=O)c1. The number of amides is 1. The van der Waals surface area contributed by atoms with Gasteiger partial charge >= 0.3 is 0 Å². The highest BCUT2D eigenvalue weighted by Crippen LogP contribution is 2.23. The third-order valence-electron chi connectivity index (χ3n) is 3.62. The highest BCUT2D eigenvalue weighted by molar-refractivity contribution is 9.10. The third-order valence-corrected chi connectivity index (χ3v) is 5.47. The molecule has 1 N–H and O–H groups in total. The molecule has 0 saturated heterocycles. The van der Waals surface area contributed by atoms with Crippen LogP contribution in [0, 0.1) is 13.8 Å². The molecule has 2 aromatic rings. The molecule has 0 aromatic heterocycles. The number of sulfonamides is 1. The molecule has 0 atom stereocenters. The van der Waals surface area contributed by atoms with Crippen molar-refractivity contribution in [3.8, 4) is 0 Å². The first-order valence-corrected chi connectivity index (χ1v) is 10.4. The van der Waals surface area contributed by atoms with E-state index in [2.05, 4.69) is 26.5 Å². The Morgan fingerprint density at radius 1 is 1.23 bits per heavy atom. The number of hydrogen-bond donors (Lipinski definition) is 1. The summed E-state index contributed by atoms with van der Waals surface area (Å²) in [6, 6.07) is 12.9. The summed E-state index contributed by atoms with van der Waals surface area (Å²) in [6.07, 6.45) is 2.57. The summed E-state index contributed by atoms with van der Waals surface area (Å²) in [5.74, 6) is -0.528. The van der Waals surface area contributed by atoms with E-state index in [1.54, 1.807) is 13.0 Å². The maximum absolute atomic E-state index is 12.2. The quantitative estimate of drug-likeness (QED) is 0.557. The standard InChI is InChI=1S/C18H20BrN3O3S/c1-13-8-9-14(2)17(10-13)22(26(3,24)25)12-18(23)21-20-11-15-6-4-5-7-16(15)19/h4-11H,12H2,1-3H3,(H,21,23)/b20-11-. The number of aryl methyl sites for hydroxylation is 2. The summed E-state index contributed by atoms with van der Waals surface area (Å²) in [4.78, 5) is 12.2. The number of carbonyl (C=O) groups is 1. The number of carbonyl (C=O) groups excluding carboxylic acids is 1. The average molecular weight is 438 g/mol. The van der Waals surface area contributed by atoms with Crippen molar-refractivity contribution in [2.24, 2.45) is 5.10 Å². The van der Waals surface area contributed by atoms with Gasteiger partial charge in [-0.15, -0.1) is 0 Å². The van der Waals surface area contributed by atoms with E-state index in [4.69, 9.17) is 0 Å². The van der Waals surface area contributed by atoms with Crippen LogP contribution in [0.2, 0.25) is 0 Å². The lowest BCUT2D eigenvalue weighted by Gasteiger charge is -2.23. The first-order valence-electron chi connectivity index (χ1n) is 7.80. The molecule has 0 heterocycles. The van der Waals surface area contributed by atoms with E-state index in [-0.39, 0.29) is 6.54 Å². The molecular formula is C18H20BrN3O3S. The number of nitrogens with one attached hydrogen (secondary N) is 1. The topological polar surface area (TPSA) is 78.8 Å². The minimum absolute atomic E-state index is 0.351. The number of rotatable bonds is 6. The number of hydrogen-bond acceptors (Lipinski definition) is 4. The highest BCUT2D eigenvalue weighted by Gasteiger charge is 2.22. The number of anilines is 1. The lowest BCUT2D eigenvalue weighted by molar-refractivity contribution is -0.119. The van der Waals surface area contributed by atoms with E-state index in [0.717, 1.165) is 31.7 Å². The van der Waals surface area contributed by atoms with Gasteiger partial charge in [0.25, 0.3) is 5.91 Å². The van der Waals surface area contributed by atoms with Crippen molar-refractivity contribution in [3.05, 3.63) is 63.6 Å². The van der Waals surface area contributed by atoms with Crippen molar-refractivity contribution in [1.82, 2.24) is 5.43 Å². The van der Waals surface area contributed by atoms with Crippen LogP contribution in [0.25, 0.3) is 0 Å². The smallest absolute Gasteiger partial charge is 0.260 e. The number of hydrazone groups is 1. The van der Waals surface area contributed by atoms with Crippen LogP contribution in [0.4, 0.5) is 5.69 Å². The molecule has 0 fully saturated rings. The van der Waals surface area contributed by atoms with Crippen LogP contribution >= 0.6 is 15.9 Å². The van der Waals surface area contributed by atoms with Gasteiger partial charge in [0, 0.05) is 10.0 Å². The second-order valence-corrected chi connectivity index (χ2v) is 8.64. The van der Waals surface area contributed by atoms with Crippen molar-refractivity contribution in [2.75, 3.05) is 17.1 Å². The Hall–Kier alpha value is -2.19. The summed E-state index contributed by atoms with van der Waals surface area (Å²) in [5.41, 5.74) is 5.32. The summed E-state index contributed by atoms with van der Waals surface area (Å²) in [6.45, 7) is 3.32. The Labute approximate surface area is 162 Å². The number of halogens is 1. The van der Waals surface area contributed by atoms with Crippen molar-refractivity contribution >= 4 is 43.8 Å². The third kappa shape index (κ3) is 5.40. The van der Waals surface area contributed by atoms with Gasteiger partial charge in [0.05, 0.1) is 18.2 Å². The Bertz CT molecular complexity index is 942. The molecular weight excluding hydrogens is 418 g/mol. The van der Waals surface area contributed by atoms with E-state index in [1.807, 2.05) is 43.3 Å². The van der Waals surface area contributed by atoms with Crippen LogP contribution in [0.5, 0.6) is 0 Å². The maximum Gasteiger partial charge on any atom is 0.260 e. The van der Waals surface area contributed by atoms with Crippen LogP contribution in [0.15, 0.2) is 52.0 Å². The molecule has 0 spiro atoms. The van der Waals surface area contributed by atoms with Gasteiger partial charge in [-0.2, -0.15) is 5.10 Å². The fraction of sp³-hybridized carbons (Fsp3) is 0.222. The zero-order chi connectivity index (χ0) is 19.3. The molecule has 6 nitrogen and oxygen atoms in total. The zero-order valence-electron chi connectivity index (χ0n) is 14.7. The molecule has 0 unspecified atom stereocenters. The van der Waals surface area contributed by atoms with Gasteiger partial charge in [0.1, 0.15) is 6.54 Å². The van der Waals surface area contributed by atoms with Crippen LogP contribution in [-0.2, 0) is 14.8 Å². The van der Waals surface area contributed by atoms with Gasteiger partial charge in [-0.1, -0.05) is 46.3 Å². The van der Waals surface area contributed by atoms with E-state index in [0.29, 0.717) is 5.69 Å². The molecule has 0 aliphatic heterocycles. The normalized spacial score (nSPS) is 11.5. The Balaban J connectivity index is 2.15. The minimum atomic E-state index is -3.62. The summed E-state index contributed by atoms with van der Waals surface area (Å²) in [5, 5.41) is 3.90. The Morgan fingerprint density at radius 3 is 2.58 bits per heavy atom. The molecule has 0 saturated carbocycles. The van der Waals surface area contributed by atoms with Gasteiger partial charge in [0.15, 0.2) is 0 Å². The number of benzene rings is 2. The molecule has 0 aliphatic rings. The van der Waals surface area contributed by atoms with Crippen LogP contribution in [-0.4, -0.2) is 33.3 Å². The molecule has 8 heteroatoms. The lowest BCUT2D eigenvalue weighted by atomic mass is 10.1. The molecule has 0 bridgehead atoms. The zero-order valence-corrected chi connectivity index (χ0v) is 17.1. The van der Waals surface area contributed by atoms with E-state index < -0.39 is 15.9 Å². The molecule has 0 radical (unpaired) electrons. The fourth-order valence-electron chi connectivity index (χ4n) is 2.29. The van der Waals surface area contributed by atoms with Crippen molar-refractivity contribution in [3.63, 3.8) is 0 Å². The molecule has 1 amide bonds. The van der Waals surface area contributed by atoms with Crippen LogP contribution < -0.4 is 9.73 Å². The summed E-state index contributed by atoms with van der Waals surface area (Å²) >= 11 is 3.38. The number of nitrogens with zero attached hydrogens (tertiary/aromatic N) is 2. The van der Waals surface area contributed by atoms with E-state index in [9.17, 15) is 13.2 Å². The van der Waals surface area contributed by atoms with Crippen LogP contribution in [0.3, 0.4) is 0 Å². The first kappa shape index (κ1) is 20.1. The molecule has 138 valence electrons. The van der Waals surface area contributed by atoms with Crippen molar-refractivity contribution in [2.45, 2.75) is 13.8 Å². The van der Waals surface area contributed by atoms with Gasteiger partial charge in [-0.3, -0.25) is 9.10 Å². The minimum Gasteiger partial charge on any atom is -0.271 e. The Kier molecular flexibility index (Phi) is 6.55. The van der Waals surface area contributed by atoms with Gasteiger partial charge in [0.2, 0.25) is 10.0 Å². The predicted molar refractivity (Wildman–Crippen MR) is 108 cm³/mol. The summed E-state index contributed by atoms with van der Waals surface area (Å²) < 4.78 is 26.3. The average Bonchev–Trinajstić information content (AvgIpc) is 2.56. The predicted octanol–water partition coefficient (Wildman–Crippen LogP) is 2.98.